The van der Waals surface area contributed by atoms with Crippen LogP contribution in [0.2, 0.25) is 0 Å². The maximum atomic E-state index is 13.6. The Kier molecular flexibility index (Phi) is 25.7. The zero-order valence-corrected chi connectivity index (χ0v) is 43.1. The van der Waals surface area contributed by atoms with E-state index in [-0.39, 0.29) is 61.6 Å². The van der Waals surface area contributed by atoms with Crippen molar-refractivity contribution < 1.29 is 62.1 Å². The number of ketones is 1. The molecule has 17 heteroatoms. The number of hydrogen-bond acceptors (Lipinski definition) is 13. The predicted molar refractivity (Wildman–Crippen MR) is 258 cm³/mol. The van der Waals surface area contributed by atoms with Crippen LogP contribution in [0.15, 0.2) is 54.6 Å². The van der Waals surface area contributed by atoms with Crippen LogP contribution in [0.1, 0.15) is 146 Å². The Morgan fingerprint density at radius 2 is 1.17 bits per heavy atom. The minimum absolute atomic E-state index is 0.00523. The second-order valence-corrected chi connectivity index (χ2v) is 20.9. The maximum absolute atomic E-state index is 13.6. The molecule has 0 unspecified atom stereocenters. The first kappa shape index (κ1) is 60.9. The molecule has 2 aromatic carbocycles. The summed E-state index contributed by atoms with van der Waals surface area (Å²) in [6.45, 7) is 23.5. The lowest BCUT2D eigenvalue weighted by molar-refractivity contribution is -0.192. The minimum atomic E-state index is -1.09. The summed E-state index contributed by atoms with van der Waals surface area (Å²) in [5.41, 5.74) is -0.897. The molecular weight excluding hydrogens is 889 g/mol. The Morgan fingerprint density at radius 3 is 1.71 bits per heavy atom. The summed E-state index contributed by atoms with van der Waals surface area (Å²) in [5, 5.41) is 11.5. The van der Waals surface area contributed by atoms with Crippen molar-refractivity contribution in [3.8, 4) is 5.75 Å². The molecule has 0 aromatic heterocycles. The lowest BCUT2D eigenvalue weighted by atomic mass is 9.84. The molecule has 0 spiro atoms. The summed E-state index contributed by atoms with van der Waals surface area (Å²) >= 11 is 0. The van der Waals surface area contributed by atoms with Crippen LogP contribution in [0.3, 0.4) is 0 Å². The van der Waals surface area contributed by atoms with Crippen LogP contribution in [-0.4, -0.2) is 95.8 Å². The van der Waals surface area contributed by atoms with Crippen LogP contribution in [0.4, 0.5) is 4.79 Å². The molecule has 4 amide bonds. The number of benzene rings is 2. The van der Waals surface area contributed by atoms with Crippen molar-refractivity contribution >= 4 is 47.7 Å². The highest BCUT2D eigenvalue weighted by Crippen LogP contribution is 2.24. The average molecular weight is 967 g/mol. The van der Waals surface area contributed by atoms with Gasteiger partial charge in [-0.05, 0) is 123 Å². The van der Waals surface area contributed by atoms with Gasteiger partial charge in [0.05, 0.1) is 5.92 Å². The van der Waals surface area contributed by atoms with Gasteiger partial charge in [0, 0.05) is 38.3 Å². The van der Waals surface area contributed by atoms with Crippen molar-refractivity contribution in [3.05, 3.63) is 65.7 Å². The number of carbonyl (C=O) groups is 7. The molecule has 17 nitrogen and oxygen atoms in total. The summed E-state index contributed by atoms with van der Waals surface area (Å²) < 4.78 is 22.3. The lowest BCUT2D eigenvalue weighted by Crippen LogP contribution is -2.53. The molecule has 2 rings (SSSR count). The van der Waals surface area contributed by atoms with E-state index in [0.29, 0.717) is 44.4 Å². The standard InChI is InChI=1S/C51H78N4O11.CO2/c1-14-37(56)32-36(45(60)65-50(8,9)10)30-35-23-25-38(26-24-35)63-33-42(57)53-40(31-34-20-16-15-17-21-34)44(59)52-29-19-18-22-41(48(2,3)4)55-47(62)54-39(46(61)66-51(11,12)13)27-28-43(58)64-49(5,6)7;2-1-3/h15-17,20-21,23-26,36,39-41H,14,18-19,22,27-33H2,1-13H3,(H,52,59)(H,53,57)(H2,54,55,62);/t36-,39+,40+,41+;/m1./s1. The molecular formula is C52H78N4O13. The fraction of sp³-hybridized carbons (Fsp3) is 0.615. The molecule has 0 aliphatic heterocycles. The zero-order valence-electron chi connectivity index (χ0n) is 43.1. The molecule has 4 atom stereocenters. The minimum Gasteiger partial charge on any atom is -0.484 e. The highest BCUT2D eigenvalue weighted by atomic mass is 16.6. The van der Waals surface area contributed by atoms with Gasteiger partial charge in [0.25, 0.3) is 5.91 Å². The Morgan fingerprint density at radius 1 is 0.623 bits per heavy atom. The van der Waals surface area contributed by atoms with E-state index in [0.717, 1.165) is 11.1 Å². The molecule has 0 aliphatic rings. The number of rotatable bonds is 24. The van der Waals surface area contributed by atoms with Gasteiger partial charge in [-0.2, -0.15) is 9.59 Å². The first-order valence-corrected chi connectivity index (χ1v) is 23.5. The molecule has 0 aliphatic carbocycles. The number of carbonyl (C=O) groups excluding carboxylic acids is 9. The summed E-state index contributed by atoms with van der Waals surface area (Å²) in [6, 6.07) is 13.4. The van der Waals surface area contributed by atoms with E-state index in [1.165, 1.54) is 0 Å². The van der Waals surface area contributed by atoms with E-state index in [1.54, 1.807) is 93.5 Å². The summed E-state index contributed by atoms with van der Waals surface area (Å²) in [4.78, 5) is 107. The highest BCUT2D eigenvalue weighted by molar-refractivity contribution is 5.88. The monoisotopic (exact) mass is 967 g/mol. The molecule has 4 N–H and O–H groups in total. The van der Waals surface area contributed by atoms with Gasteiger partial charge in [-0.1, -0.05) is 70.2 Å². The van der Waals surface area contributed by atoms with Crippen molar-refractivity contribution in [1.82, 2.24) is 21.3 Å². The van der Waals surface area contributed by atoms with Gasteiger partial charge in [0.2, 0.25) is 5.91 Å². The number of unbranched alkanes of at least 4 members (excludes halogenated alkanes) is 1. The first-order valence-electron chi connectivity index (χ1n) is 23.5. The molecule has 384 valence electrons. The fourth-order valence-electron chi connectivity index (χ4n) is 6.66. The number of esters is 3. The largest absolute Gasteiger partial charge is 0.484 e. The Hall–Kier alpha value is -6.09. The SMILES string of the molecule is CCC(=O)C[C@@H](Cc1ccc(OCC(=O)N[C@@H](Cc2ccccc2)C(=O)NCCCC[C@H](NC(=O)N[C@@H](CCC(=O)OC(C)(C)C)C(=O)OC(C)(C)C)C(C)(C)C)cc1)C(=O)OC(C)(C)C.O=C=O. The van der Waals surface area contributed by atoms with E-state index in [4.69, 9.17) is 28.5 Å². The van der Waals surface area contributed by atoms with Gasteiger partial charge < -0.3 is 40.2 Å². The van der Waals surface area contributed by atoms with Crippen LogP contribution in [0.5, 0.6) is 5.75 Å². The number of hydrogen-bond donors (Lipinski definition) is 4. The smallest absolute Gasteiger partial charge is 0.373 e. The third-order valence-corrected chi connectivity index (χ3v) is 9.94. The van der Waals surface area contributed by atoms with E-state index in [2.05, 4.69) is 21.3 Å². The molecule has 0 bridgehead atoms. The number of ether oxygens (including phenoxy) is 4. The third-order valence-electron chi connectivity index (χ3n) is 9.94. The lowest BCUT2D eigenvalue weighted by Gasteiger charge is -2.32. The van der Waals surface area contributed by atoms with Gasteiger partial charge in [0.1, 0.15) is 40.4 Å². The Labute approximate surface area is 408 Å². The van der Waals surface area contributed by atoms with E-state index < -0.39 is 64.7 Å². The first-order chi connectivity index (χ1) is 31.9. The summed E-state index contributed by atoms with van der Waals surface area (Å²) in [7, 11) is 0. The molecule has 69 heavy (non-hydrogen) atoms. The second kappa shape index (κ2) is 29.1. The number of amides is 4. The molecule has 0 fully saturated rings. The number of Topliss-reactive ketones (excluding diaryl/α,β-unsaturated/α-hetero) is 1. The van der Waals surface area contributed by atoms with Crippen molar-refractivity contribution in [2.45, 2.75) is 183 Å². The quantitative estimate of drug-likeness (QED) is 0.0476. The van der Waals surface area contributed by atoms with Crippen molar-refractivity contribution in [2.24, 2.45) is 11.3 Å². The van der Waals surface area contributed by atoms with Crippen molar-refractivity contribution in [3.63, 3.8) is 0 Å². The number of nitrogens with one attached hydrogen (secondary N) is 4. The van der Waals surface area contributed by atoms with Gasteiger partial charge >= 0.3 is 30.1 Å². The average Bonchev–Trinajstić information content (AvgIpc) is 3.22. The van der Waals surface area contributed by atoms with Crippen molar-refractivity contribution in [2.75, 3.05) is 13.2 Å². The molecule has 0 saturated carbocycles. The third kappa shape index (κ3) is 28.1. The Balaban J connectivity index is 0.00000772. The van der Waals surface area contributed by atoms with Gasteiger partial charge in [0.15, 0.2) is 6.61 Å². The van der Waals surface area contributed by atoms with E-state index in [1.807, 2.05) is 51.1 Å². The van der Waals surface area contributed by atoms with Gasteiger partial charge in [-0.3, -0.25) is 24.0 Å². The predicted octanol–water partition coefficient (Wildman–Crippen LogP) is 6.91. The molecule has 2 aromatic rings. The highest BCUT2D eigenvalue weighted by Gasteiger charge is 2.32. The van der Waals surface area contributed by atoms with Gasteiger partial charge in [-0.15, -0.1) is 0 Å². The van der Waals surface area contributed by atoms with Crippen LogP contribution < -0.4 is 26.0 Å². The topological polar surface area (TPSA) is 239 Å². The fourth-order valence-corrected chi connectivity index (χ4v) is 6.66. The normalized spacial score (nSPS) is 13.3. The van der Waals surface area contributed by atoms with Crippen LogP contribution in [-0.2, 0) is 65.4 Å². The van der Waals surface area contributed by atoms with Crippen LogP contribution in [0, 0.1) is 11.3 Å². The van der Waals surface area contributed by atoms with E-state index >= 15 is 0 Å². The molecule has 0 saturated heterocycles. The van der Waals surface area contributed by atoms with Crippen LogP contribution in [0.25, 0.3) is 0 Å². The van der Waals surface area contributed by atoms with Crippen molar-refractivity contribution in [1.29, 1.82) is 0 Å². The molecule has 0 radical (unpaired) electrons. The second-order valence-electron chi connectivity index (χ2n) is 20.9. The number of urea groups is 1. The summed E-state index contributed by atoms with van der Waals surface area (Å²) in [6.07, 6.45) is 2.89. The maximum Gasteiger partial charge on any atom is 0.373 e. The Bertz CT molecular complexity index is 1990. The zero-order chi connectivity index (χ0) is 52.6. The van der Waals surface area contributed by atoms with Crippen LogP contribution >= 0.6 is 0 Å². The molecule has 0 heterocycles. The van der Waals surface area contributed by atoms with Gasteiger partial charge in [-0.25, -0.2) is 9.59 Å². The van der Waals surface area contributed by atoms with E-state index in [9.17, 15) is 33.6 Å². The summed E-state index contributed by atoms with van der Waals surface area (Å²) in [5.74, 6) is -2.67.